The quantitative estimate of drug-likeness (QED) is 0.0349. The molecule has 0 fully saturated rings. The lowest BCUT2D eigenvalue weighted by molar-refractivity contribution is -0.141. The van der Waals surface area contributed by atoms with Crippen molar-refractivity contribution in [2.75, 3.05) is 138 Å². The van der Waals surface area contributed by atoms with Crippen LogP contribution in [0.5, 0.6) is 0 Å². The van der Waals surface area contributed by atoms with Crippen molar-refractivity contribution in [3.05, 3.63) is 0 Å². The van der Waals surface area contributed by atoms with Gasteiger partial charge in [0.1, 0.15) is 0 Å². The van der Waals surface area contributed by atoms with Crippen LogP contribution in [0.25, 0.3) is 0 Å². The Morgan fingerprint density at radius 3 is 0.956 bits per heavy atom. The average molecular weight is 654 g/mol. The van der Waals surface area contributed by atoms with Crippen molar-refractivity contribution in [3.63, 3.8) is 0 Å². The molecule has 0 radical (unpaired) electrons. The third kappa shape index (κ3) is 24.0. The van der Waals surface area contributed by atoms with E-state index in [2.05, 4.69) is 10.6 Å². The van der Waals surface area contributed by atoms with Gasteiger partial charge in [-0.3, -0.25) is 48.5 Å². The Balaban J connectivity index is 5.10. The van der Waals surface area contributed by atoms with Gasteiger partial charge in [-0.2, -0.15) is 0 Å². The van der Waals surface area contributed by atoms with Crippen LogP contribution in [0.15, 0.2) is 0 Å². The van der Waals surface area contributed by atoms with Gasteiger partial charge >= 0.3 is 17.9 Å². The molecule has 2 amide bonds. The molecule has 0 aromatic heterocycles. The second-order valence-corrected chi connectivity index (χ2v) is 10.2. The lowest BCUT2D eigenvalue weighted by Gasteiger charge is -2.28. The van der Waals surface area contributed by atoms with Crippen molar-refractivity contribution in [1.29, 1.82) is 0 Å². The lowest BCUT2D eigenvalue weighted by Crippen LogP contribution is -2.48. The van der Waals surface area contributed by atoms with E-state index in [1.165, 1.54) is 14.7 Å². The highest BCUT2D eigenvalue weighted by Crippen LogP contribution is 1.98. The molecular formula is C26H51N7O12. The van der Waals surface area contributed by atoms with E-state index in [9.17, 15) is 39.3 Å². The Bertz CT molecular complexity index is 798. The third-order valence-electron chi connectivity index (χ3n) is 6.44. The number of carbonyl (C=O) groups is 5. The predicted octanol–water partition coefficient (Wildman–Crippen LogP) is -6.05. The second-order valence-electron chi connectivity index (χ2n) is 10.2. The highest BCUT2D eigenvalue weighted by atomic mass is 16.4. The van der Waals surface area contributed by atoms with E-state index in [0.717, 1.165) is 0 Å². The number of nitrogens with one attached hydrogen (secondary N) is 2. The summed E-state index contributed by atoms with van der Waals surface area (Å²) in [6.45, 7) is -0.0519. The van der Waals surface area contributed by atoms with Crippen LogP contribution in [0.2, 0.25) is 0 Å². The van der Waals surface area contributed by atoms with Gasteiger partial charge in [-0.25, -0.2) is 0 Å². The summed E-state index contributed by atoms with van der Waals surface area (Å²) >= 11 is 0. The highest BCUT2D eigenvalue weighted by Gasteiger charge is 2.20. The number of nitrogens with zero attached hydrogens (tertiary/aromatic N) is 5. The Labute approximate surface area is 262 Å². The summed E-state index contributed by atoms with van der Waals surface area (Å²) < 4.78 is 0. The molecule has 9 N–H and O–H groups in total. The van der Waals surface area contributed by atoms with Crippen molar-refractivity contribution >= 4 is 29.7 Å². The topological polar surface area (TPSA) is 267 Å². The Hall–Kier alpha value is -3.01. The van der Waals surface area contributed by atoms with Crippen molar-refractivity contribution in [1.82, 2.24) is 35.1 Å². The number of carbonyl (C=O) groups excluding carboxylic acids is 2. The van der Waals surface area contributed by atoms with E-state index in [4.69, 9.17) is 20.4 Å². The summed E-state index contributed by atoms with van der Waals surface area (Å²) in [6, 6.07) is 0. The fourth-order valence-corrected chi connectivity index (χ4v) is 4.30. The molecule has 19 heteroatoms. The molecule has 0 aliphatic carbocycles. The molecule has 0 atom stereocenters. The first kappa shape index (κ1) is 42.0. The fourth-order valence-electron chi connectivity index (χ4n) is 4.30. The molecule has 45 heavy (non-hydrogen) atoms. The molecule has 0 heterocycles. The molecule has 19 nitrogen and oxygen atoms in total. The molecule has 0 aromatic rings. The van der Waals surface area contributed by atoms with Crippen LogP contribution in [0.4, 0.5) is 0 Å². The number of carboxylic acids is 3. The van der Waals surface area contributed by atoms with Crippen LogP contribution < -0.4 is 10.6 Å². The molecule has 0 aliphatic heterocycles. The van der Waals surface area contributed by atoms with Crippen molar-refractivity contribution in [3.8, 4) is 0 Å². The van der Waals surface area contributed by atoms with Crippen molar-refractivity contribution in [2.24, 2.45) is 0 Å². The number of aliphatic hydroxyl groups excluding tert-OH is 4. The highest BCUT2D eigenvalue weighted by molar-refractivity contribution is 5.79. The van der Waals surface area contributed by atoms with Gasteiger partial charge in [0, 0.05) is 78.5 Å². The number of aliphatic carboxylic acids is 3. The Kier molecular flexibility index (Phi) is 24.5. The van der Waals surface area contributed by atoms with E-state index < -0.39 is 49.4 Å². The average Bonchev–Trinajstić information content (AvgIpc) is 2.93. The third-order valence-corrected chi connectivity index (χ3v) is 6.44. The van der Waals surface area contributed by atoms with E-state index in [1.807, 2.05) is 0 Å². The van der Waals surface area contributed by atoms with Crippen LogP contribution in [0.1, 0.15) is 0 Å². The van der Waals surface area contributed by atoms with Gasteiger partial charge in [-0.1, -0.05) is 0 Å². The molecule has 0 aromatic carbocycles. The van der Waals surface area contributed by atoms with Gasteiger partial charge in [0.25, 0.3) is 0 Å². The monoisotopic (exact) mass is 653 g/mol. The summed E-state index contributed by atoms with van der Waals surface area (Å²) in [4.78, 5) is 66.8. The summed E-state index contributed by atoms with van der Waals surface area (Å²) in [5.74, 6) is -4.50. The standard InChI is InChI=1S/C26H51N7O12/c34-13-9-29(10-14-35)3-1-27-22(38)17-32(20-25(42)43)7-5-31(19-24(40)41)6-8-33(21-26(44)45)18-23(39)28-2-4-30(11-15-36)12-16-37/h34-37H,1-21H2,(H,27,38)(H,28,39)(H,40,41)(H,42,43)(H,44,45). The molecule has 0 rings (SSSR count). The second kappa shape index (κ2) is 26.2. The normalized spacial score (nSPS) is 11.6. The largest absolute Gasteiger partial charge is 0.480 e. The van der Waals surface area contributed by atoms with Gasteiger partial charge in [0.15, 0.2) is 0 Å². The van der Waals surface area contributed by atoms with Gasteiger partial charge in [0.05, 0.1) is 59.2 Å². The van der Waals surface area contributed by atoms with Gasteiger partial charge in [-0.15, -0.1) is 0 Å². The van der Waals surface area contributed by atoms with Crippen molar-refractivity contribution < 1.29 is 59.7 Å². The fraction of sp³-hybridized carbons (Fsp3) is 0.808. The Morgan fingerprint density at radius 1 is 0.378 bits per heavy atom. The maximum atomic E-state index is 12.5. The first-order valence-corrected chi connectivity index (χ1v) is 14.7. The summed E-state index contributed by atoms with van der Waals surface area (Å²) in [7, 11) is 0. The zero-order chi connectivity index (χ0) is 34.0. The number of hydrogen-bond acceptors (Lipinski definition) is 14. The molecule has 262 valence electrons. The van der Waals surface area contributed by atoms with Crippen LogP contribution in [0, 0.1) is 0 Å². The van der Waals surface area contributed by atoms with Gasteiger partial charge in [0.2, 0.25) is 11.8 Å². The van der Waals surface area contributed by atoms with E-state index in [0.29, 0.717) is 39.3 Å². The zero-order valence-electron chi connectivity index (χ0n) is 25.8. The number of carboxylic acid groups (broad SMARTS) is 3. The van der Waals surface area contributed by atoms with Gasteiger partial charge < -0.3 is 46.4 Å². The molecular weight excluding hydrogens is 602 g/mol. The molecule has 0 unspecified atom stereocenters. The van der Waals surface area contributed by atoms with Gasteiger partial charge in [-0.05, 0) is 0 Å². The van der Waals surface area contributed by atoms with Crippen LogP contribution in [-0.2, 0) is 24.0 Å². The number of aliphatic hydroxyl groups is 4. The summed E-state index contributed by atoms with van der Waals surface area (Å²) in [5, 5.41) is 69.6. The zero-order valence-corrected chi connectivity index (χ0v) is 25.8. The minimum absolute atomic E-state index is 0.00570. The van der Waals surface area contributed by atoms with Crippen LogP contribution in [-0.4, -0.2) is 228 Å². The SMILES string of the molecule is O=C(O)CN(CCN(CC(=O)O)CC(=O)NCCN(CCO)CCO)CCN(CC(=O)O)CC(=O)NCCN(CCO)CCO. The van der Waals surface area contributed by atoms with Crippen LogP contribution in [0.3, 0.4) is 0 Å². The maximum absolute atomic E-state index is 12.5. The first-order chi connectivity index (χ1) is 21.4. The number of hydrogen-bond donors (Lipinski definition) is 9. The number of rotatable bonds is 30. The van der Waals surface area contributed by atoms with Crippen LogP contribution >= 0.6 is 0 Å². The molecule has 0 aliphatic rings. The number of amides is 2. The molecule has 0 saturated heterocycles. The van der Waals surface area contributed by atoms with E-state index >= 15 is 0 Å². The smallest absolute Gasteiger partial charge is 0.317 e. The maximum Gasteiger partial charge on any atom is 0.317 e. The van der Waals surface area contributed by atoms with E-state index in [1.54, 1.807) is 9.80 Å². The summed E-state index contributed by atoms with van der Waals surface area (Å²) in [5.41, 5.74) is 0. The minimum Gasteiger partial charge on any atom is -0.480 e. The van der Waals surface area contributed by atoms with Crippen molar-refractivity contribution in [2.45, 2.75) is 0 Å². The molecule has 0 spiro atoms. The first-order valence-electron chi connectivity index (χ1n) is 14.7. The predicted molar refractivity (Wildman–Crippen MR) is 159 cm³/mol. The summed E-state index contributed by atoms with van der Waals surface area (Å²) in [6.07, 6.45) is 0. The Morgan fingerprint density at radius 2 is 0.667 bits per heavy atom. The lowest BCUT2D eigenvalue weighted by atomic mass is 10.3. The van der Waals surface area contributed by atoms with E-state index in [-0.39, 0.29) is 78.8 Å². The molecule has 0 saturated carbocycles. The molecule has 0 bridgehead atoms. The minimum atomic E-state index is -1.20.